The molecule has 3 atom stereocenters. The summed E-state index contributed by atoms with van der Waals surface area (Å²) in [7, 11) is 0. The van der Waals surface area contributed by atoms with Crippen molar-refractivity contribution in [2.45, 2.75) is 84.5 Å². The fourth-order valence-corrected chi connectivity index (χ4v) is 3.17. The van der Waals surface area contributed by atoms with Gasteiger partial charge in [-0.05, 0) is 33.6 Å². The average molecular weight is 299 g/mol. The molecule has 4 heteroatoms. The third kappa shape index (κ3) is 7.28. The fraction of sp³-hybridized carbons (Fsp3) is 0.941. The first kappa shape index (κ1) is 18.4. The van der Waals surface area contributed by atoms with E-state index in [4.69, 9.17) is 9.47 Å². The minimum Gasteiger partial charge on any atom is -0.466 e. The summed E-state index contributed by atoms with van der Waals surface area (Å²) in [5, 5.41) is 0. The van der Waals surface area contributed by atoms with Crippen LogP contribution in [-0.4, -0.2) is 48.8 Å². The maximum atomic E-state index is 11.6. The van der Waals surface area contributed by atoms with Gasteiger partial charge < -0.3 is 9.47 Å². The van der Waals surface area contributed by atoms with Gasteiger partial charge in [0.1, 0.15) is 0 Å². The normalized spacial score (nSPS) is 24.8. The summed E-state index contributed by atoms with van der Waals surface area (Å²) < 4.78 is 10.9. The predicted octanol–water partition coefficient (Wildman–Crippen LogP) is 3.39. The molecule has 0 saturated carbocycles. The topological polar surface area (TPSA) is 38.8 Å². The smallest absolute Gasteiger partial charge is 0.305 e. The van der Waals surface area contributed by atoms with E-state index in [1.165, 1.54) is 25.7 Å². The van der Waals surface area contributed by atoms with E-state index in [1.54, 1.807) is 0 Å². The van der Waals surface area contributed by atoms with Gasteiger partial charge in [0.05, 0.1) is 18.8 Å². The second-order valence-corrected chi connectivity index (χ2v) is 6.20. The molecule has 124 valence electrons. The molecule has 0 radical (unpaired) electrons. The van der Waals surface area contributed by atoms with Crippen LogP contribution in [0, 0.1) is 0 Å². The Balaban J connectivity index is 2.51. The third-order valence-corrected chi connectivity index (χ3v) is 4.09. The third-order valence-electron chi connectivity index (χ3n) is 4.09. The van der Waals surface area contributed by atoms with Gasteiger partial charge in [0.15, 0.2) is 0 Å². The van der Waals surface area contributed by atoms with Crippen LogP contribution in [-0.2, 0) is 14.3 Å². The number of rotatable bonds is 9. The van der Waals surface area contributed by atoms with Crippen molar-refractivity contribution < 1.29 is 14.3 Å². The van der Waals surface area contributed by atoms with Crippen molar-refractivity contribution in [3.05, 3.63) is 0 Å². The highest BCUT2D eigenvalue weighted by Gasteiger charge is 2.28. The Kier molecular flexibility index (Phi) is 8.93. The summed E-state index contributed by atoms with van der Waals surface area (Å²) in [5.74, 6) is -0.0626. The van der Waals surface area contributed by atoms with E-state index >= 15 is 0 Å². The molecule has 1 saturated heterocycles. The average Bonchev–Trinajstić information content (AvgIpc) is 2.41. The molecule has 1 unspecified atom stereocenters. The van der Waals surface area contributed by atoms with Crippen molar-refractivity contribution in [2.24, 2.45) is 0 Å². The number of carbonyl (C=O) groups is 1. The molecule has 0 aromatic rings. The lowest BCUT2D eigenvalue weighted by molar-refractivity contribution is -0.143. The monoisotopic (exact) mass is 299 g/mol. The van der Waals surface area contributed by atoms with E-state index in [-0.39, 0.29) is 18.2 Å². The Labute approximate surface area is 130 Å². The molecular formula is C17H33NO3. The molecule has 21 heavy (non-hydrogen) atoms. The molecular weight excluding hydrogens is 266 g/mol. The Morgan fingerprint density at radius 1 is 1.19 bits per heavy atom. The van der Waals surface area contributed by atoms with Crippen LogP contribution >= 0.6 is 0 Å². The lowest BCUT2D eigenvalue weighted by atomic mass is 10.0. The molecule has 0 aliphatic carbocycles. The van der Waals surface area contributed by atoms with Crippen molar-refractivity contribution in [1.29, 1.82) is 0 Å². The second-order valence-electron chi connectivity index (χ2n) is 6.20. The first-order valence-electron chi connectivity index (χ1n) is 8.61. The quantitative estimate of drug-likeness (QED) is 0.483. The zero-order chi connectivity index (χ0) is 15.7. The zero-order valence-electron chi connectivity index (χ0n) is 14.3. The highest BCUT2D eigenvalue weighted by atomic mass is 16.5. The van der Waals surface area contributed by atoms with Crippen molar-refractivity contribution in [2.75, 3.05) is 19.7 Å². The van der Waals surface area contributed by atoms with Gasteiger partial charge in [0.2, 0.25) is 0 Å². The molecule has 0 spiro atoms. The molecule has 1 aliphatic rings. The van der Waals surface area contributed by atoms with E-state index < -0.39 is 0 Å². The number of nitrogens with zero attached hydrogens (tertiary/aromatic N) is 1. The molecule has 0 amide bonds. The Morgan fingerprint density at radius 2 is 1.86 bits per heavy atom. The Hall–Kier alpha value is -0.610. The molecule has 0 bridgehead atoms. The van der Waals surface area contributed by atoms with Crippen LogP contribution in [0.1, 0.15) is 66.2 Å². The van der Waals surface area contributed by atoms with Crippen LogP contribution in [0.2, 0.25) is 0 Å². The predicted molar refractivity (Wildman–Crippen MR) is 85.4 cm³/mol. The Bertz CT molecular complexity index is 286. The number of hydrogen-bond acceptors (Lipinski definition) is 4. The van der Waals surface area contributed by atoms with Gasteiger partial charge in [-0.1, -0.05) is 26.2 Å². The van der Waals surface area contributed by atoms with E-state index in [2.05, 4.69) is 25.7 Å². The zero-order valence-corrected chi connectivity index (χ0v) is 14.3. The van der Waals surface area contributed by atoms with Crippen molar-refractivity contribution in [3.63, 3.8) is 0 Å². The first-order chi connectivity index (χ1) is 10.1. The van der Waals surface area contributed by atoms with Gasteiger partial charge in [-0.2, -0.15) is 0 Å². The largest absolute Gasteiger partial charge is 0.466 e. The maximum Gasteiger partial charge on any atom is 0.305 e. The van der Waals surface area contributed by atoms with Crippen LogP contribution in [0.4, 0.5) is 0 Å². The van der Waals surface area contributed by atoms with Gasteiger partial charge in [-0.25, -0.2) is 0 Å². The summed E-state index contributed by atoms with van der Waals surface area (Å²) in [6.45, 7) is 10.8. The van der Waals surface area contributed by atoms with Crippen LogP contribution in [0.5, 0.6) is 0 Å². The van der Waals surface area contributed by atoms with Gasteiger partial charge in [0, 0.05) is 25.6 Å². The molecule has 4 nitrogen and oxygen atoms in total. The highest BCUT2D eigenvalue weighted by Crippen LogP contribution is 2.21. The van der Waals surface area contributed by atoms with Crippen LogP contribution in [0.3, 0.4) is 0 Å². The lowest BCUT2D eigenvalue weighted by Gasteiger charge is -2.40. The van der Waals surface area contributed by atoms with Crippen LogP contribution in [0.25, 0.3) is 0 Å². The number of carbonyl (C=O) groups excluding carboxylic acids is 1. The highest BCUT2D eigenvalue weighted by molar-refractivity contribution is 5.69. The first-order valence-corrected chi connectivity index (χ1v) is 8.61. The van der Waals surface area contributed by atoms with Crippen LogP contribution < -0.4 is 0 Å². The maximum absolute atomic E-state index is 11.6. The molecule has 0 aromatic carbocycles. The number of unbranched alkanes of at least 4 members (excludes halogenated alkanes) is 2. The summed E-state index contributed by atoms with van der Waals surface area (Å²) in [6, 6.07) is 0.481. The van der Waals surface area contributed by atoms with E-state index in [1.807, 2.05) is 6.92 Å². The molecule has 1 aliphatic heterocycles. The van der Waals surface area contributed by atoms with Crippen molar-refractivity contribution in [3.8, 4) is 0 Å². The molecule has 0 N–H and O–H groups in total. The summed E-state index contributed by atoms with van der Waals surface area (Å²) in [6.07, 6.45) is 6.92. The standard InChI is InChI=1S/C17H33NO3/c1-5-7-8-9-16(10-11-17(19)20-6-2)18-12-14(3)21-15(4)13-18/h14-16H,5-13H2,1-4H3/t14-,15+,16?. The fourth-order valence-electron chi connectivity index (χ4n) is 3.17. The second kappa shape index (κ2) is 10.2. The molecule has 1 heterocycles. The summed E-state index contributed by atoms with van der Waals surface area (Å²) in [5.41, 5.74) is 0. The number of morpholine rings is 1. The van der Waals surface area contributed by atoms with Gasteiger partial charge in [0.25, 0.3) is 0 Å². The van der Waals surface area contributed by atoms with Gasteiger partial charge in [-0.15, -0.1) is 0 Å². The minimum atomic E-state index is -0.0626. The van der Waals surface area contributed by atoms with E-state index in [9.17, 15) is 4.79 Å². The van der Waals surface area contributed by atoms with Gasteiger partial charge in [-0.3, -0.25) is 9.69 Å². The van der Waals surface area contributed by atoms with Crippen molar-refractivity contribution >= 4 is 5.97 Å². The van der Waals surface area contributed by atoms with Crippen LogP contribution in [0.15, 0.2) is 0 Å². The molecule has 1 rings (SSSR count). The minimum absolute atomic E-state index is 0.0626. The van der Waals surface area contributed by atoms with Crippen molar-refractivity contribution in [1.82, 2.24) is 4.90 Å². The van der Waals surface area contributed by atoms with Gasteiger partial charge >= 0.3 is 5.97 Å². The Morgan fingerprint density at radius 3 is 2.43 bits per heavy atom. The summed E-state index contributed by atoms with van der Waals surface area (Å²) >= 11 is 0. The number of esters is 1. The SMILES string of the molecule is CCCCCC(CCC(=O)OCC)N1C[C@@H](C)O[C@@H](C)C1. The number of ether oxygens (including phenoxy) is 2. The molecule has 0 aromatic heterocycles. The lowest BCUT2D eigenvalue weighted by Crippen LogP contribution is -2.50. The van der Waals surface area contributed by atoms with E-state index in [0.29, 0.717) is 19.1 Å². The number of hydrogen-bond donors (Lipinski definition) is 0. The molecule has 1 fully saturated rings. The van der Waals surface area contributed by atoms with E-state index in [0.717, 1.165) is 19.5 Å². The summed E-state index contributed by atoms with van der Waals surface area (Å²) in [4.78, 5) is 14.1.